The van der Waals surface area contributed by atoms with E-state index >= 15 is 0 Å². The summed E-state index contributed by atoms with van der Waals surface area (Å²) in [7, 11) is 0. The molecule has 0 bridgehead atoms. The van der Waals surface area contributed by atoms with Crippen molar-refractivity contribution < 1.29 is 0 Å². The molecule has 1 aromatic heterocycles. The first-order chi connectivity index (χ1) is 6.93. The zero-order valence-electron chi connectivity index (χ0n) is 8.32. The lowest BCUT2D eigenvalue weighted by atomic mass is 10.1. The first-order valence-electron chi connectivity index (χ1n) is 5.55. The molecule has 1 aromatic rings. The molecule has 14 heavy (non-hydrogen) atoms. The first-order valence-corrected chi connectivity index (χ1v) is 5.55. The Morgan fingerprint density at radius 2 is 2.29 bits per heavy atom. The predicted molar refractivity (Wildman–Crippen MR) is 53.1 cm³/mol. The molecule has 1 aliphatic heterocycles. The van der Waals surface area contributed by atoms with Crippen molar-refractivity contribution >= 4 is 0 Å². The van der Waals surface area contributed by atoms with E-state index in [9.17, 15) is 0 Å². The second kappa shape index (κ2) is 3.35. The van der Waals surface area contributed by atoms with Gasteiger partial charge in [0.1, 0.15) is 6.33 Å². The SMILES string of the molecule is c1nc(C2CC2)nn1C1CCCNC1. The summed E-state index contributed by atoms with van der Waals surface area (Å²) in [4.78, 5) is 4.38. The molecular weight excluding hydrogens is 176 g/mol. The van der Waals surface area contributed by atoms with Crippen LogP contribution in [-0.2, 0) is 0 Å². The van der Waals surface area contributed by atoms with Crippen molar-refractivity contribution in [3.63, 3.8) is 0 Å². The molecular formula is C10H16N4. The maximum absolute atomic E-state index is 4.56. The molecule has 1 unspecified atom stereocenters. The summed E-state index contributed by atoms with van der Waals surface area (Å²) >= 11 is 0. The lowest BCUT2D eigenvalue weighted by Gasteiger charge is -2.22. The molecule has 1 saturated heterocycles. The smallest absolute Gasteiger partial charge is 0.153 e. The van der Waals surface area contributed by atoms with Crippen LogP contribution in [0.3, 0.4) is 0 Å². The van der Waals surface area contributed by atoms with Gasteiger partial charge in [0.15, 0.2) is 5.82 Å². The van der Waals surface area contributed by atoms with Gasteiger partial charge in [0.25, 0.3) is 0 Å². The van der Waals surface area contributed by atoms with Gasteiger partial charge in [-0.2, -0.15) is 5.10 Å². The molecule has 1 atom stereocenters. The molecule has 3 rings (SSSR count). The topological polar surface area (TPSA) is 42.7 Å². The van der Waals surface area contributed by atoms with Crippen LogP contribution in [-0.4, -0.2) is 27.9 Å². The van der Waals surface area contributed by atoms with Gasteiger partial charge in [-0.15, -0.1) is 0 Å². The van der Waals surface area contributed by atoms with E-state index in [0.29, 0.717) is 12.0 Å². The van der Waals surface area contributed by atoms with Crippen LogP contribution < -0.4 is 5.32 Å². The van der Waals surface area contributed by atoms with Crippen LogP contribution in [0.1, 0.15) is 43.5 Å². The third kappa shape index (κ3) is 1.54. The maximum Gasteiger partial charge on any atom is 0.153 e. The van der Waals surface area contributed by atoms with E-state index < -0.39 is 0 Å². The predicted octanol–water partition coefficient (Wildman–Crippen LogP) is 1.08. The highest BCUT2D eigenvalue weighted by Gasteiger charge is 2.28. The molecule has 76 valence electrons. The number of piperidine rings is 1. The lowest BCUT2D eigenvalue weighted by Crippen LogP contribution is -2.31. The Morgan fingerprint density at radius 3 is 3.00 bits per heavy atom. The summed E-state index contributed by atoms with van der Waals surface area (Å²) in [6.45, 7) is 2.20. The first kappa shape index (κ1) is 8.41. The second-order valence-corrected chi connectivity index (χ2v) is 4.36. The van der Waals surface area contributed by atoms with Crippen molar-refractivity contribution in [2.75, 3.05) is 13.1 Å². The molecule has 0 amide bonds. The summed E-state index contributed by atoms with van der Waals surface area (Å²) < 4.78 is 2.06. The van der Waals surface area contributed by atoms with Crippen molar-refractivity contribution in [3.8, 4) is 0 Å². The molecule has 0 spiro atoms. The molecule has 4 nitrogen and oxygen atoms in total. The van der Waals surface area contributed by atoms with E-state index in [4.69, 9.17) is 0 Å². The standard InChI is InChI=1S/C10H16N4/c1-2-9(6-11-5-1)14-7-12-10(13-14)8-3-4-8/h7-9,11H,1-6H2. The third-order valence-electron chi connectivity index (χ3n) is 3.11. The van der Waals surface area contributed by atoms with Crippen molar-refractivity contribution in [2.45, 2.75) is 37.6 Å². The second-order valence-electron chi connectivity index (χ2n) is 4.36. The Kier molecular flexibility index (Phi) is 2.01. The van der Waals surface area contributed by atoms with Gasteiger partial charge in [-0.05, 0) is 32.2 Å². The van der Waals surface area contributed by atoms with Crippen LogP contribution in [0.2, 0.25) is 0 Å². The molecule has 2 heterocycles. The lowest BCUT2D eigenvalue weighted by molar-refractivity contribution is 0.345. The molecule has 1 saturated carbocycles. The number of rotatable bonds is 2. The highest BCUT2D eigenvalue weighted by Crippen LogP contribution is 2.37. The number of hydrogen-bond donors (Lipinski definition) is 1. The van der Waals surface area contributed by atoms with E-state index in [-0.39, 0.29) is 0 Å². The Labute approximate surface area is 83.7 Å². The van der Waals surface area contributed by atoms with Crippen LogP contribution in [0.15, 0.2) is 6.33 Å². The molecule has 0 radical (unpaired) electrons. The van der Waals surface area contributed by atoms with Crippen LogP contribution in [0.25, 0.3) is 0 Å². The average Bonchev–Trinajstić information content (AvgIpc) is 2.98. The van der Waals surface area contributed by atoms with Crippen molar-refractivity contribution in [1.82, 2.24) is 20.1 Å². The fourth-order valence-electron chi connectivity index (χ4n) is 2.05. The normalized spacial score (nSPS) is 27.9. The number of nitrogens with one attached hydrogen (secondary N) is 1. The maximum atomic E-state index is 4.56. The number of aromatic nitrogens is 3. The van der Waals surface area contributed by atoms with E-state index in [1.54, 1.807) is 0 Å². The summed E-state index contributed by atoms with van der Waals surface area (Å²) in [6, 6.07) is 0.531. The molecule has 4 heteroatoms. The van der Waals surface area contributed by atoms with Gasteiger partial charge in [0, 0.05) is 12.5 Å². The summed E-state index contributed by atoms with van der Waals surface area (Å²) in [5, 5.41) is 7.96. The van der Waals surface area contributed by atoms with Gasteiger partial charge in [-0.3, -0.25) is 0 Å². The van der Waals surface area contributed by atoms with E-state index in [0.717, 1.165) is 18.9 Å². The van der Waals surface area contributed by atoms with Gasteiger partial charge < -0.3 is 5.32 Å². The van der Waals surface area contributed by atoms with Crippen LogP contribution >= 0.6 is 0 Å². The van der Waals surface area contributed by atoms with Crippen molar-refractivity contribution in [2.24, 2.45) is 0 Å². The minimum atomic E-state index is 0.531. The van der Waals surface area contributed by atoms with Gasteiger partial charge >= 0.3 is 0 Å². The summed E-state index contributed by atoms with van der Waals surface area (Å²) in [5.74, 6) is 1.74. The average molecular weight is 192 g/mol. The van der Waals surface area contributed by atoms with Gasteiger partial charge in [-0.1, -0.05) is 0 Å². The van der Waals surface area contributed by atoms with Gasteiger partial charge in [0.2, 0.25) is 0 Å². The quantitative estimate of drug-likeness (QED) is 0.762. The zero-order chi connectivity index (χ0) is 9.38. The molecule has 2 fully saturated rings. The zero-order valence-corrected chi connectivity index (χ0v) is 8.32. The molecule has 1 aliphatic carbocycles. The fourth-order valence-corrected chi connectivity index (χ4v) is 2.05. The van der Waals surface area contributed by atoms with Crippen LogP contribution in [0, 0.1) is 0 Å². The summed E-state index contributed by atoms with van der Waals surface area (Å²) in [6.07, 6.45) is 6.97. The molecule has 2 aliphatic rings. The Hall–Kier alpha value is -0.900. The van der Waals surface area contributed by atoms with Gasteiger partial charge in [-0.25, -0.2) is 9.67 Å². The number of nitrogens with zero attached hydrogens (tertiary/aromatic N) is 3. The van der Waals surface area contributed by atoms with Crippen molar-refractivity contribution in [3.05, 3.63) is 12.2 Å². The molecule has 1 N–H and O–H groups in total. The highest BCUT2D eigenvalue weighted by molar-refractivity contribution is 5.02. The number of hydrogen-bond acceptors (Lipinski definition) is 3. The van der Waals surface area contributed by atoms with Crippen molar-refractivity contribution in [1.29, 1.82) is 0 Å². The van der Waals surface area contributed by atoms with E-state index in [1.807, 2.05) is 6.33 Å². The van der Waals surface area contributed by atoms with Crippen LogP contribution in [0.4, 0.5) is 0 Å². The van der Waals surface area contributed by atoms with E-state index in [2.05, 4.69) is 20.1 Å². The van der Waals surface area contributed by atoms with Crippen LogP contribution in [0.5, 0.6) is 0 Å². The largest absolute Gasteiger partial charge is 0.315 e. The Morgan fingerprint density at radius 1 is 1.36 bits per heavy atom. The monoisotopic (exact) mass is 192 g/mol. The Balaban J connectivity index is 1.74. The third-order valence-corrected chi connectivity index (χ3v) is 3.11. The Bertz CT molecular complexity index is 310. The minimum absolute atomic E-state index is 0.531. The minimum Gasteiger partial charge on any atom is -0.315 e. The highest BCUT2D eigenvalue weighted by atomic mass is 15.4. The fraction of sp³-hybridized carbons (Fsp3) is 0.800. The van der Waals surface area contributed by atoms with Gasteiger partial charge in [0.05, 0.1) is 6.04 Å². The molecule has 0 aromatic carbocycles. The summed E-state index contributed by atoms with van der Waals surface area (Å²) in [5.41, 5.74) is 0. The van der Waals surface area contributed by atoms with E-state index in [1.165, 1.54) is 25.7 Å².